The second-order valence-electron chi connectivity index (χ2n) is 6.49. The molecule has 2 aromatic rings. The van der Waals surface area contributed by atoms with Gasteiger partial charge >= 0.3 is 0 Å². The van der Waals surface area contributed by atoms with Gasteiger partial charge in [-0.2, -0.15) is 0 Å². The highest BCUT2D eigenvalue weighted by Crippen LogP contribution is 2.26. The van der Waals surface area contributed by atoms with E-state index in [1.807, 2.05) is 18.2 Å². The molecule has 7 heteroatoms. The minimum atomic E-state index is 0. The fourth-order valence-electron chi connectivity index (χ4n) is 3.18. The van der Waals surface area contributed by atoms with Crippen LogP contribution in [0.5, 0.6) is 11.6 Å². The maximum Gasteiger partial charge on any atom is 0.237 e. The van der Waals surface area contributed by atoms with Gasteiger partial charge < -0.3 is 15.4 Å². The van der Waals surface area contributed by atoms with Crippen LogP contribution in [0.15, 0.2) is 42.9 Å². The molecule has 1 atom stereocenters. The quantitative estimate of drug-likeness (QED) is 0.804. The van der Waals surface area contributed by atoms with Crippen molar-refractivity contribution in [3.8, 4) is 11.6 Å². The number of carbonyl (C=O) groups excluding carboxylic acids is 1. The standard InChI is InChI=1S/C19H24N4O2.ClH/c1-14(15-5-7-20-8-6-15)11-18(24)23-16-3-2-4-17(12-16)25-19-13-21-9-10-22-19;/h2-4,9-10,12-15,20H,5-8,11H2,1H3,(H,23,24);1H. The Bertz CT molecular complexity index is 693. The van der Waals surface area contributed by atoms with E-state index < -0.39 is 0 Å². The number of aromatic nitrogens is 2. The lowest BCUT2D eigenvalue weighted by Gasteiger charge is -2.27. The molecule has 1 aromatic heterocycles. The number of piperidine rings is 1. The number of anilines is 1. The Labute approximate surface area is 160 Å². The summed E-state index contributed by atoms with van der Waals surface area (Å²) in [6.45, 7) is 4.28. The van der Waals surface area contributed by atoms with Crippen LogP contribution in [0.25, 0.3) is 0 Å². The molecule has 0 radical (unpaired) electrons. The van der Waals surface area contributed by atoms with Crippen LogP contribution in [0.4, 0.5) is 5.69 Å². The first-order chi connectivity index (χ1) is 12.2. The Morgan fingerprint density at radius 3 is 2.88 bits per heavy atom. The summed E-state index contributed by atoms with van der Waals surface area (Å²) in [7, 11) is 0. The van der Waals surface area contributed by atoms with Crippen LogP contribution in [0.3, 0.4) is 0 Å². The molecule has 1 aliphatic rings. The minimum absolute atomic E-state index is 0. The monoisotopic (exact) mass is 376 g/mol. The molecule has 140 valence electrons. The second kappa shape index (κ2) is 10.1. The van der Waals surface area contributed by atoms with Crippen molar-refractivity contribution in [1.29, 1.82) is 0 Å². The molecule has 6 nitrogen and oxygen atoms in total. The van der Waals surface area contributed by atoms with Gasteiger partial charge in [0.2, 0.25) is 11.8 Å². The SMILES string of the molecule is CC(CC(=O)Nc1cccc(Oc2cnccn2)c1)C1CCNCC1.Cl. The molecule has 1 saturated heterocycles. The molecule has 3 rings (SSSR count). The van der Waals surface area contributed by atoms with Crippen molar-refractivity contribution in [2.45, 2.75) is 26.2 Å². The van der Waals surface area contributed by atoms with E-state index in [9.17, 15) is 4.79 Å². The molecule has 1 fully saturated rings. The summed E-state index contributed by atoms with van der Waals surface area (Å²) < 4.78 is 5.64. The Morgan fingerprint density at radius 2 is 2.15 bits per heavy atom. The van der Waals surface area contributed by atoms with Gasteiger partial charge in [-0.3, -0.25) is 9.78 Å². The predicted molar refractivity (Wildman–Crippen MR) is 104 cm³/mol. The van der Waals surface area contributed by atoms with Crippen LogP contribution in [-0.4, -0.2) is 29.0 Å². The highest BCUT2D eigenvalue weighted by molar-refractivity contribution is 5.91. The molecule has 0 bridgehead atoms. The molecule has 26 heavy (non-hydrogen) atoms. The van der Waals surface area contributed by atoms with E-state index in [1.54, 1.807) is 24.7 Å². The Balaban J connectivity index is 0.00000243. The summed E-state index contributed by atoms with van der Waals surface area (Å²) in [5, 5.41) is 6.33. The van der Waals surface area contributed by atoms with Crippen LogP contribution < -0.4 is 15.4 Å². The Hall–Kier alpha value is -2.18. The number of nitrogens with zero attached hydrogens (tertiary/aromatic N) is 2. The van der Waals surface area contributed by atoms with Gasteiger partial charge in [0.1, 0.15) is 5.75 Å². The van der Waals surface area contributed by atoms with Crippen molar-refractivity contribution in [2.75, 3.05) is 18.4 Å². The maximum atomic E-state index is 12.3. The zero-order valence-corrected chi connectivity index (χ0v) is 15.7. The summed E-state index contributed by atoms with van der Waals surface area (Å²) >= 11 is 0. The topological polar surface area (TPSA) is 76.1 Å². The maximum absolute atomic E-state index is 12.3. The fraction of sp³-hybridized carbons (Fsp3) is 0.421. The molecule has 0 spiro atoms. The molecule has 0 saturated carbocycles. The van der Waals surface area contributed by atoms with Gasteiger partial charge in [0.15, 0.2) is 0 Å². The summed E-state index contributed by atoms with van der Waals surface area (Å²) in [5.74, 6) is 2.09. The van der Waals surface area contributed by atoms with E-state index in [4.69, 9.17) is 4.74 Å². The van der Waals surface area contributed by atoms with E-state index in [1.165, 1.54) is 0 Å². The van der Waals surface area contributed by atoms with E-state index in [2.05, 4.69) is 27.5 Å². The third-order valence-corrected chi connectivity index (χ3v) is 4.58. The largest absolute Gasteiger partial charge is 0.437 e. The van der Waals surface area contributed by atoms with Crippen molar-refractivity contribution in [3.05, 3.63) is 42.9 Å². The molecule has 2 heterocycles. The zero-order chi connectivity index (χ0) is 17.5. The lowest BCUT2D eigenvalue weighted by atomic mass is 9.84. The van der Waals surface area contributed by atoms with Crippen LogP contribution in [0, 0.1) is 11.8 Å². The number of amides is 1. The van der Waals surface area contributed by atoms with Gasteiger partial charge in [-0.25, -0.2) is 4.98 Å². The first-order valence-corrected chi connectivity index (χ1v) is 8.75. The average Bonchev–Trinajstić information content (AvgIpc) is 2.63. The van der Waals surface area contributed by atoms with E-state index in [-0.39, 0.29) is 18.3 Å². The molecule has 1 unspecified atom stereocenters. The molecule has 0 aliphatic carbocycles. The van der Waals surface area contributed by atoms with Crippen molar-refractivity contribution in [1.82, 2.24) is 15.3 Å². The van der Waals surface area contributed by atoms with Crippen molar-refractivity contribution < 1.29 is 9.53 Å². The van der Waals surface area contributed by atoms with Gasteiger partial charge in [-0.1, -0.05) is 13.0 Å². The summed E-state index contributed by atoms with van der Waals surface area (Å²) in [6.07, 6.45) is 7.55. The number of rotatable bonds is 6. The summed E-state index contributed by atoms with van der Waals surface area (Å²) in [5.41, 5.74) is 0.726. The van der Waals surface area contributed by atoms with Crippen LogP contribution in [-0.2, 0) is 4.79 Å². The van der Waals surface area contributed by atoms with Crippen molar-refractivity contribution in [3.63, 3.8) is 0 Å². The van der Waals surface area contributed by atoms with Gasteiger partial charge in [0, 0.05) is 30.6 Å². The van der Waals surface area contributed by atoms with Crippen LogP contribution >= 0.6 is 12.4 Å². The van der Waals surface area contributed by atoms with Gasteiger partial charge in [-0.05, 0) is 49.9 Å². The molecule has 2 N–H and O–H groups in total. The highest BCUT2D eigenvalue weighted by Gasteiger charge is 2.22. The number of benzene rings is 1. The zero-order valence-electron chi connectivity index (χ0n) is 14.9. The predicted octanol–water partition coefficient (Wildman–Crippen LogP) is 3.66. The average molecular weight is 377 g/mol. The summed E-state index contributed by atoms with van der Waals surface area (Å²) in [4.78, 5) is 20.4. The van der Waals surface area contributed by atoms with E-state index in [0.717, 1.165) is 31.6 Å². The first-order valence-electron chi connectivity index (χ1n) is 8.75. The molecular weight excluding hydrogens is 352 g/mol. The molecule has 1 aliphatic heterocycles. The van der Waals surface area contributed by atoms with Crippen molar-refractivity contribution in [2.24, 2.45) is 11.8 Å². The third-order valence-electron chi connectivity index (χ3n) is 4.58. The van der Waals surface area contributed by atoms with Gasteiger partial charge in [-0.15, -0.1) is 12.4 Å². The fourth-order valence-corrected chi connectivity index (χ4v) is 3.18. The Morgan fingerprint density at radius 1 is 1.35 bits per heavy atom. The highest BCUT2D eigenvalue weighted by atomic mass is 35.5. The van der Waals surface area contributed by atoms with Crippen LogP contribution in [0.1, 0.15) is 26.2 Å². The van der Waals surface area contributed by atoms with Crippen molar-refractivity contribution >= 4 is 24.0 Å². The lowest BCUT2D eigenvalue weighted by Crippen LogP contribution is -2.32. The van der Waals surface area contributed by atoms with Gasteiger partial charge in [0.05, 0.1) is 6.20 Å². The molecule has 1 aromatic carbocycles. The van der Waals surface area contributed by atoms with Gasteiger partial charge in [0.25, 0.3) is 0 Å². The molecule has 1 amide bonds. The van der Waals surface area contributed by atoms with E-state index >= 15 is 0 Å². The van der Waals surface area contributed by atoms with Crippen LogP contribution in [0.2, 0.25) is 0 Å². The molecular formula is C19H25ClN4O2. The summed E-state index contributed by atoms with van der Waals surface area (Å²) in [6, 6.07) is 7.32. The smallest absolute Gasteiger partial charge is 0.237 e. The number of hydrogen-bond acceptors (Lipinski definition) is 5. The number of halogens is 1. The third kappa shape index (κ3) is 5.97. The Kier molecular flexibility index (Phi) is 7.81. The normalized spacial score (nSPS) is 15.6. The number of carbonyl (C=O) groups is 1. The number of ether oxygens (including phenoxy) is 1. The lowest BCUT2D eigenvalue weighted by molar-refractivity contribution is -0.117. The number of hydrogen-bond donors (Lipinski definition) is 2. The first kappa shape index (κ1) is 20.1. The second-order valence-corrected chi connectivity index (χ2v) is 6.49. The number of nitrogens with one attached hydrogen (secondary N) is 2. The minimum Gasteiger partial charge on any atom is -0.437 e. The van der Waals surface area contributed by atoms with E-state index in [0.29, 0.717) is 29.9 Å².